The van der Waals surface area contributed by atoms with Gasteiger partial charge in [0.1, 0.15) is 0 Å². The van der Waals surface area contributed by atoms with Crippen LogP contribution in [-0.2, 0) is 5.75 Å². The summed E-state index contributed by atoms with van der Waals surface area (Å²) < 4.78 is 5.29. The molecule has 2 unspecified atom stereocenters. The Morgan fingerprint density at radius 1 is 1.44 bits per heavy atom. The summed E-state index contributed by atoms with van der Waals surface area (Å²) >= 11 is 1.70. The van der Waals surface area contributed by atoms with Crippen LogP contribution in [0, 0.1) is 0 Å². The van der Waals surface area contributed by atoms with Crippen molar-refractivity contribution in [2.24, 2.45) is 0 Å². The Hall–Kier alpha value is -0.550. The smallest absolute Gasteiger partial charge is 0.231 e. The summed E-state index contributed by atoms with van der Waals surface area (Å²) in [5, 5.41) is 7.41. The average molecular weight is 243 g/mol. The molecule has 92 valence electrons. The highest BCUT2D eigenvalue weighted by Gasteiger charge is 2.21. The zero-order valence-electron chi connectivity index (χ0n) is 10.5. The Labute approximate surface area is 102 Å². The van der Waals surface area contributed by atoms with Gasteiger partial charge in [-0.25, -0.2) is 0 Å². The van der Waals surface area contributed by atoms with Crippen LogP contribution in [0.5, 0.6) is 0 Å². The van der Waals surface area contributed by atoms with E-state index in [1.165, 1.54) is 0 Å². The van der Waals surface area contributed by atoms with Crippen molar-refractivity contribution in [1.82, 2.24) is 15.5 Å². The largest absolute Gasteiger partial charge is 0.339 e. The highest BCUT2D eigenvalue weighted by Crippen LogP contribution is 2.20. The lowest BCUT2D eigenvalue weighted by molar-refractivity contribution is 0.320. The van der Waals surface area contributed by atoms with Crippen molar-refractivity contribution in [1.29, 1.82) is 0 Å². The number of aromatic nitrogens is 2. The third kappa shape index (κ3) is 3.49. The van der Waals surface area contributed by atoms with Crippen LogP contribution in [0.15, 0.2) is 4.52 Å². The molecule has 4 nitrogen and oxygen atoms in total. The second-order valence-corrected chi connectivity index (χ2v) is 4.71. The van der Waals surface area contributed by atoms with Crippen LogP contribution in [0.25, 0.3) is 0 Å². The van der Waals surface area contributed by atoms with Crippen molar-refractivity contribution >= 4 is 11.8 Å². The van der Waals surface area contributed by atoms with Gasteiger partial charge in [0.05, 0.1) is 11.7 Å². The zero-order valence-corrected chi connectivity index (χ0v) is 11.3. The van der Waals surface area contributed by atoms with E-state index < -0.39 is 0 Å². The van der Waals surface area contributed by atoms with E-state index in [0.717, 1.165) is 30.4 Å². The molecule has 1 rings (SSSR count). The van der Waals surface area contributed by atoms with E-state index >= 15 is 0 Å². The van der Waals surface area contributed by atoms with Crippen LogP contribution < -0.4 is 5.32 Å². The van der Waals surface area contributed by atoms with Crippen LogP contribution in [0.4, 0.5) is 0 Å². The van der Waals surface area contributed by atoms with Crippen LogP contribution >= 0.6 is 11.8 Å². The number of hydrogen-bond donors (Lipinski definition) is 1. The molecule has 1 heterocycles. The molecule has 0 amide bonds. The predicted octanol–water partition coefficient (Wildman–Crippen LogP) is 2.42. The Morgan fingerprint density at radius 3 is 2.75 bits per heavy atom. The van der Waals surface area contributed by atoms with Gasteiger partial charge in [-0.3, -0.25) is 0 Å². The van der Waals surface area contributed by atoms with Gasteiger partial charge >= 0.3 is 0 Å². The summed E-state index contributed by atoms with van der Waals surface area (Å²) in [4.78, 5) is 4.41. The lowest BCUT2D eigenvalue weighted by Crippen LogP contribution is -2.33. The molecule has 0 aliphatic heterocycles. The van der Waals surface area contributed by atoms with E-state index in [2.05, 4.69) is 36.2 Å². The lowest BCUT2D eigenvalue weighted by atomic mass is 9.99. The maximum absolute atomic E-state index is 5.29. The molecule has 0 fully saturated rings. The van der Waals surface area contributed by atoms with Crippen LogP contribution in [0.3, 0.4) is 0 Å². The molecule has 2 atom stereocenters. The van der Waals surface area contributed by atoms with Gasteiger partial charge in [-0.2, -0.15) is 16.7 Å². The van der Waals surface area contributed by atoms with Gasteiger partial charge in [-0.05, 0) is 19.2 Å². The fourth-order valence-electron chi connectivity index (χ4n) is 1.75. The number of nitrogens with zero attached hydrogens (tertiary/aromatic N) is 2. The van der Waals surface area contributed by atoms with E-state index in [4.69, 9.17) is 4.52 Å². The Balaban J connectivity index is 2.66. The second kappa shape index (κ2) is 6.91. The summed E-state index contributed by atoms with van der Waals surface area (Å²) in [5.41, 5.74) is 0. The monoisotopic (exact) mass is 243 g/mol. The quantitative estimate of drug-likeness (QED) is 0.797. The third-order valence-electron chi connectivity index (χ3n) is 2.66. The molecule has 1 aromatic heterocycles. The van der Waals surface area contributed by atoms with Crippen molar-refractivity contribution < 1.29 is 4.52 Å². The maximum atomic E-state index is 5.29. The fraction of sp³-hybridized carbons (Fsp3) is 0.818. The summed E-state index contributed by atoms with van der Waals surface area (Å²) in [6.45, 7) is 7.38. The van der Waals surface area contributed by atoms with E-state index in [1.807, 2.05) is 6.26 Å². The zero-order chi connectivity index (χ0) is 12.0. The molecular formula is C11H21N3OS. The van der Waals surface area contributed by atoms with Gasteiger partial charge in [-0.1, -0.05) is 25.9 Å². The molecule has 0 saturated heterocycles. The molecule has 0 saturated carbocycles. The molecule has 1 N–H and O–H groups in total. The van der Waals surface area contributed by atoms with Crippen LogP contribution in [-0.4, -0.2) is 29.0 Å². The fourth-order valence-corrected chi connectivity index (χ4v) is 2.12. The van der Waals surface area contributed by atoms with Crippen molar-refractivity contribution in [2.45, 2.75) is 44.9 Å². The minimum Gasteiger partial charge on any atom is -0.339 e. The van der Waals surface area contributed by atoms with Crippen molar-refractivity contribution in [2.75, 3.05) is 12.8 Å². The summed E-state index contributed by atoms with van der Waals surface area (Å²) in [6, 6.07) is 0.410. The molecule has 0 aromatic carbocycles. The van der Waals surface area contributed by atoms with Crippen molar-refractivity contribution in [3.05, 3.63) is 11.7 Å². The first-order valence-electron chi connectivity index (χ1n) is 5.77. The SMILES string of the molecule is CCNC(CC)C(C)c1nc(CSC)no1. The normalized spacial score (nSPS) is 15.0. The van der Waals surface area contributed by atoms with Gasteiger partial charge in [-0.15, -0.1) is 0 Å². The van der Waals surface area contributed by atoms with Gasteiger partial charge < -0.3 is 9.84 Å². The number of rotatable bonds is 7. The van der Waals surface area contributed by atoms with Gasteiger partial charge in [0.25, 0.3) is 0 Å². The molecule has 0 aliphatic rings. The number of nitrogens with one attached hydrogen (secondary N) is 1. The molecular weight excluding hydrogens is 222 g/mol. The average Bonchev–Trinajstić information content (AvgIpc) is 2.74. The van der Waals surface area contributed by atoms with Gasteiger partial charge in [0, 0.05) is 6.04 Å². The minimum atomic E-state index is 0.271. The summed E-state index contributed by atoms with van der Waals surface area (Å²) in [7, 11) is 0. The number of hydrogen-bond acceptors (Lipinski definition) is 5. The Morgan fingerprint density at radius 2 is 2.19 bits per heavy atom. The van der Waals surface area contributed by atoms with Crippen molar-refractivity contribution in [3.8, 4) is 0 Å². The molecule has 0 aliphatic carbocycles. The first-order chi connectivity index (χ1) is 7.72. The van der Waals surface area contributed by atoms with Crippen molar-refractivity contribution in [3.63, 3.8) is 0 Å². The molecule has 0 bridgehead atoms. The Kier molecular flexibility index (Phi) is 5.84. The summed E-state index contributed by atoms with van der Waals surface area (Å²) in [5.74, 6) is 2.62. The number of thioether (sulfide) groups is 1. The molecule has 5 heteroatoms. The van der Waals surface area contributed by atoms with Gasteiger partial charge in [0.2, 0.25) is 5.89 Å². The standard InChI is InChI=1S/C11H21N3OS/c1-5-9(12-6-2)8(3)11-13-10(7-16-4)14-15-11/h8-9,12H,5-7H2,1-4H3. The predicted molar refractivity (Wildman–Crippen MR) is 67.7 cm³/mol. The Bertz CT molecular complexity index is 303. The van der Waals surface area contributed by atoms with E-state index in [1.54, 1.807) is 11.8 Å². The molecule has 0 radical (unpaired) electrons. The lowest BCUT2D eigenvalue weighted by Gasteiger charge is -2.20. The van der Waals surface area contributed by atoms with Crippen LogP contribution in [0.1, 0.15) is 44.8 Å². The van der Waals surface area contributed by atoms with E-state index in [-0.39, 0.29) is 5.92 Å². The summed E-state index contributed by atoms with van der Waals surface area (Å²) in [6.07, 6.45) is 3.10. The first-order valence-corrected chi connectivity index (χ1v) is 7.17. The number of likely N-dealkylation sites (N-methyl/N-ethyl adjacent to an activating group) is 1. The molecule has 0 spiro atoms. The molecule has 16 heavy (non-hydrogen) atoms. The van der Waals surface area contributed by atoms with E-state index in [9.17, 15) is 0 Å². The highest BCUT2D eigenvalue weighted by molar-refractivity contribution is 7.97. The third-order valence-corrected chi connectivity index (χ3v) is 3.20. The van der Waals surface area contributed by atoms with E-state index in [0.29, 0.717) is 6.04 Å². The molecule has 1 aromatic rings. The van der Waals surface area contributed by atoms with Gasteiger partial charge in [0.15, 0.2) is 5.82 Å². The minimum absolute atomic E-state index is 0.271. The highest BCUT2D eigenvalue weighted by atomic mass is 32.2. The first kappa shape index (κ1) is 13.5. The second-order valence-electron chi connectivity index (χ2n) is 3.84. The topological polar surface area (TPSA) is 51.0 Å². The maximum Gasteiger partial charge on any atom is 0.231 e. The van der Waals surface area contributed by atoms with Crippen LogP contribution in [0.2, 0.25) is 0 Å².